The molecule has 0 spiro atoms. The number of nitrogens with zero attached hydrogens (tertiary/aromatic N) is 1. The van der Waals surface area contributed by atoms with E-state index in [4.69, 9.17) is 0 Å². The number of hydrogen-bond acceptors (Lipinski definition) is 3. The van der Waals surface area contributed by atoms with Crippen LogP contribution in [0.1, 0.15) is 40.5 Å². The summed E-state index contributed by atoms with van der Waals surface area (Å²) >= 11 is 0. The van der Waals surface area contributed by atoms with Crippen molar-refractivity contribution in [1.82, 2.24) is 15.5 Å². The molecule has 1 aliphatic heterocycles. The van der Waals surface area contributed by atoms with Gasteiger partial charge in [0.05, 0.1) is 6.54 Å². The van der Waals surface area contributed by atoms with Gasteiger partial charge in [-0.3, -0.25) is 4.79 Å². The first kappa shape index (κ1) is 15.4. The van der Waals surface area contributed by atoms with Crippen molar-refractivity contribution in [3.63, 3.8) is 0 Å². The Bertz CT molecular complexity index is 273. The molecule has 0 bridgehead atoms. The Labute approximate surface area is 111 Å². The molecule has 4 nitrogen and oxygen atoms in total. The van der Waals surface area contributed by atoms with Gasteiger partial charge in [-0.15, -0.1) is 0 Å². The van der Waals surface area contributed by atoms with Gasteiger partial charge in [0.2, 0.25) is 5.91 Å². The molecule has 0 aromatic rings. The molecule has 1 fully saturated rings. The molecule has 1 rings (SSSR count). The summed E-state index contributed by atoms with van der Waals surface area (Å²) in [6, 6.07) is 0.401. The smallest absolute Gasteiger partial charge is 0.234 e. The Hall–Kier alpha value is -0.610. The minimum Gasteiger partial charge on any atom is -0.350 e. The molecule has 106 valence electrons. The normalized spacial score (nSPS) is 23.7. The lowest BCUT2D eigenvalue weighted by Gasteiger charge is -2.34. The molecule has 0 aliphatic carbocycles. The third kappa shape index (κ3) is 5.83. The zero-order valence-corrected chi connectivity index (χ0v) is 12.5. The Morgan fingerprint density at radius 3 is 2.67 bits per heavy atom. The Kier molecular flexibility index (Phi) is 5.60. The van der Waals surface area contributed by atoms with E-state index in [1.54, 1.807) is 0 Å². The molecule has 0 radical (unpaired) electrons. The molecule has 0 saturated carbocycles. The summed E-state index contributed by atoms with van der Waals surface area (Å²) in [6.07, 6.45) is 2.53. The molecular weight excluding hydrogens is 226 g/mol. The van der Waals surface area contributed by atoms with Crippen LogP contribution in [0.2, 0.25) is 0 Å². The monoisotopic (exact) mass is 255 g/mol. The van der Waals surface area contributed by atoms with Gasteiger partial charge >= 0.3 is 0 Å². The van der Waals surface area contributed by atoms with Crippen molar-refractivity contribution < 1.29 is 4.79 Å². The van der Waals surface area contributed by atoms with E-state index in [2.05, 4.69) is 29.5 Å². The molecular formula is C14H29N3O. The number of nitrogens with one attached hydrogen (secondary N) is 2. The van der Waals surface area contributed by atoms with Crippen LogP contribution in [0.4, 0.5) is 0 Å². The van der Waals surface area contributed by atoms with E-state index in [-0.39, 0.29) is 11.4 Å². The first-order valence-electron chi connectivity index (χ1n) is 7.01. The third-order valence-electron chi connectivity index (χ3n) is 3.47. The summed E-state index contributed by atoms with van der Waals surface area (Å²) < 4.78 is 0. The van der Waals surface area contributed by atoms with Crippen LogP contribution >= 0.6 is 0 Å². The highest BCUT2D eigenvalue weighted by Crippen LogP contribution is 2.18. The number of hydrogen-bond donors (Lipinski definition) is 2. The number of carbonyl (C=O) groups excluding carboxylic acids is 1. The SMILES string of the molecule is CC(NCC(=O)NC(C)(C)C)C1CCCN(C)C1. The van der Waals surface area contributed by atoms with Gasteiger partial charge in [0.1, 0.15) is 0 Å². The van der Waals surface area contributed by atoms with Gasteiger partial charge in [0, 0.05) is 18.1 Å². The van der Waals surface area contributed by atoms with Crippen LogP contribution < -0.4 is 10.6 Å². The van der Waals surface area contributed by atoms with Crippen LogP contribution in [0.5, 0.6) is 0 Å². The average Bonchev–Trinajstić information content (AvgIpc) is 2.23. The van der Waals surface area contributed by atoms with Gasteiger partial charge in [0.15, 0.2) is 0 Å². The van der Waals surface area contributed by atoms with Crippen LogP contribution in [0, 0.1) is 5.92 Å². The maximum Gasteiger partial charge on any atom is 0.234 e. The van der Waals surface area contributed by atoms with Crippen molar-refractivity contribution >= 4 is 5.91 Å². The fourth-order valence-electron chi connectivity index (χ4n) is 2.50. The minimum atomic E-state index is -0.146. The standard InChI is InChI=1S/C14H29N3O/c1-11(12-7-6-8-17(5)10-12)15-9-13(18)16-14(2,3)4/h11-12,15H,6-10H2,1-5H3,(H,16,18). The first-order valence-corrected chi connectivity index (χ1v) is 7.01. The quantitative estimate of drug-likeness (QED) is 0.794. The van der Waals surface area contributed by atoms with Gasteiger partial charge in [-0.25, -0.2) is 0 Å². The maximum atomic E-state index is 11.7. The molecule has 1 aliphatic rings. The third-order valence-corrected chi connectivity index (χ3v) is 3.47. The van der Waals surface area contributed by atoms with Crippen LogP contribution in [0.25, 0.3) is 0 Å². The van der Waals surface area contributed by atoms with Gasteiger partial charge in [-0.2, -0.15) is 0 Å². The zero-order chi connectivity index (χ0) is 13.8. The van der Waals surface area contributed by atoms with Crippen LogP contribution in [-0.2, 0) is 4.79 Å². The van der Waals surface area contributed by atoms with Gasteiger partial charge in [0.25, 0.3) is 0 Å². The summed E-state index contributed by atoms with van der Waals surface area (Å²) in [5.41, 5.74) is -0.146. The highest BCUT2D eigenvalue weighted by atomic mass is 16.2. The number of piperidine rings is 1. The highest BCUT2D eigenvalue weighted by Gasteiger charge is 2.23. The Morgan fingerprint density at radius 2 is 2.11 bits per heavy atom. The lowest BCUT2D eigenvalue weighted by Crippen LogP contribution is -2.49. The van der Waals surface area contributed by atoms with E-state index in [9.17, 15) is 4.79 Å². The lowest BCUT2D eigenvalue weighted by molar-refractivity contribution is -0.121. The predicted octanol–water partition coefficient (Wildman–Crippen LogP) is 1.22. The molecule has 1 heterocycles. The molecule has 2 unspecified atom stereocenters. The largest absolute Gasteiger partial charge is 0.350 e. The summed E-state index contributed by atoms with van der Waals surface area (Å²) in [7, 11) is 2.17. The van der Waals surface area contributed by atoms with Crippen molar-refractivity contribution in [2.75, 3.05) is 26.7 Å². The van der Waals surface area contributed by atoms with E-state index >= 15 is 0 Å². The van der Waals surface area contributed by atoms with Gasteiger partial charge in [-0.05, 0) is 60.0 Å². The number of likely N-dealkylation sites (tertiary alicyclic amines) is 1. The predicted molar refractivity (Wildman–Crippen MR) is 75.6 cm³/mol. The average molecular weight is 255 g/mol. The second-order valence-electron chi connectivity index (χ2n) is 6.63. The number of rotatable bonds is 4. The second-order valence-corrected chi connectivity index (χ2v) is 6.63. The molecule has 0 aromatic heterocycles. The van der Waals surface area contributed by atoms with Crippen molar-refractivity contribution in [3.05, 3.63) is 0 Å². The minimum absolute atomic E-state index is 0.0820. The van der Waals surface area contributed by atoms with E-state index in [0.717, 1.165) is 6.54 Å². The van der Waals surface area contributed by atoms with Gasteiger partial charge < -0.3 is 15.5 Å². The Balaban J connectivity index is 2.28. The molecule has 4 heteroatoms. The summed E-state index contributed by atoms with van der Waals surface area (Å²) in [5, 5.41) is 6.33. The highest BCUT2D eigenvalue weighted by molar-refractivity contribution is 5.78. The van der Waals surface area contributed by atoms with Crippen molar-refractivity contribution in [2.24, 2.45) is 5.92 Å². The van der Waals surface area contributed by atoms with Crippen molar-refractivity contribution in [2.45, 2.75) is 52.1 Å². The molecule has 18 heavy (non-hydrogen) atoms. The zero-order valence-electron chi connectivity index (χ0n) is 12.5. The topological polar surface area (TPSA) is 44.4 Å². The second kappa shape index (κ2) is 6.53. The van der Waals surface area contributed by atoms with Gasteiger partial charge in [-0.1, -0.05) is 0 Å². The van der Waals surface area contributed by atoms with Crippen LogP contribution in [0.15, 0.2) is 0 Å². The van der Waals surface area contributed by atoms with E-state index in [1.165, 1.54) is 19.4 Å². The molecule has 1 saturated heterocycles. The number of carbonyl (C=O) groups is 1. The molecule has 0 aromatic carbocycles. The number of amides is 1. The summed E-state index contributed by atoms with van der Waals surface area (Å²) in [5.74, 6) is 0.740. The Morgan fingerprint density at radius 1 is 1.44 bits per heavy atom. The molecule has 1 amide bonds. The van der Waals surface area contributed by atoms with E-state index in [1.807, 2.05) is 20.8 Å². The fraction of sp³-hybridized carbons (Fsp3) is 0.929. The first-order chi connectivity index (χ1) is 8.28. The lowest BCUT2D eigenvalue weighted by atomic mass is 9.92. The van der Waals surface area contributed by atoms with Crippen LogP contribution in [-0.4, -0.2) is 49.1 Å². The fourth-order valence-corrected chi connectivity index (χ4v) is 2.50. The van der Waals surface area contributed by atoms with E-state index < -0.39 is 0 Å². The van der Waals surface area contributed by atoms with Crippen molar-refractivity contribution in [3.8, 4) is 0 Å². The summed E-state index contributed by atoms with van der Waals surface area (Å²) in [6.45, 7) is 11.0. The molecule has 2 N–H and O–H groups in total. The molecule has 2 atom stereocenters. The van der Waals surface area contributed by atoms with E-state index in [0.29, 0.717) is 18.5 Å². The van der Waals surface area contributed by atoms with Crippen LogP contribution in [0.3, 0.4) is 0 Å². The maximum absolute atomic E-state index is 11.7. The summed E-state index contributed by atoms with van der Waals surface area (Å²) in [4.78, 5) is 14.1. The van der Waals surface area contributed by atoms with Crippen molar-refractivity contribution in [1.29, 1.82) is 0 Å².